The van der Waals surface area contributed by atoms with E-state index in [0.717, 1.165) is 12.8 Å². The quantitative estimate of drug-likeness (QED) is 0.883. The first-order chi connectivity index (χ1) is 7.09. The van der Waals surface area contributed by atoms with Gasteiger partial charge >= 0.3 is 0 Å². The second kappa shape index (κ2) is 5.32. The average molecular weight is 266 g/mol. The molecule has 1 aliphatic rings. The van der Waals surface area contributed by atoms with Gasteiger partial charge in [0.2, 0.25) is 0 Å². The number of rotatable bonds is 3. The van der Waals surface area contributed by atoms with Crippen LogP contribution in [0.3, 0.4) is 0 Å². The second-order valence-electron chi connectivity index (χ2n) is 4.02. The highest BCUT2D eigenvalue weighted by atomic mass is 35.5. The molecular weight excluding hydrogens is 252 g/mol. The van der Waals surface area contributed by atoms with Crippen LogP contribution in [0.4, 0.5) is 4.39 Å². The average Bonchev–Trinajstić information content (AvgIpc) is 2.99. The van der Waals surface area contributed by atoms with Crippen LogP contribution in [0.5, 0.6) is 0 Å². The van der Waals surface area contributed by atoms with E-state index in [9.17, 15) is 9.50 Å². The Hall–Kier alpha value is -0.350. The third-order valence-corrected chi connectivity index (χ3v) is 3.03. The first-order valence-corrected chi connectivity index (χ1v) is 5.36. The molecule has 0 aromatic heterocycles. The molecule has 2 nitrogen and oxygen atoms in total. The van der Waals surface area contributed by atoms with Gasteiger partial charge in [0.05, 0.1) is 12.1 Å². The van der Waals surface area contributed by atoms with Crippen molar-refractivity contribution in [2.24, 2.45) is 11.7 Å². The Morgan fingerprint density at radius 1 is 1.44 bits per heavy atom. The minimum atomic E-state index is -0.658. The van der Waals surface area contributed by atoms with Crippen molar-refractivity contribution in [3.05, 3.63) is 34.6 Å². The zero-order valence-corrected chi connectivity index (χ0v) is 10.1. The Balaban J connectivity index is 0.00000128. The van der Waals surface area contributed by atoms with Crippen molar-refractivity contribution in [1.82, 2.24) is 0 Å². The molecule has 1 aromatic rings. The standard InChI is InChI=1S/C11H13ClFNO.ClH/c12-7-3-4-8(9(13)5-7)10(14)11(15)6-1-2-6;/h3-6,10-11,15H,1-2,14H2;1H/t10-,11+;/m0./s1. The third-order valence-electron chi connectivity index (χ3n) is 2.79. The number of hydrogen-bond acceptors (Lipinski definition) is 2. The first-order valence-electron chi connectivity index (χ1n) is 4.98. The van der Waals surface area contributed by atoms with Crippen LogP contribution in [0, 0.1) is 11.7 Å². The number of halogens is 3. The normalized spacial score (nSPS) is 18.8. The monoisotopic (exact) mass is 265 g/mol. The summed E-state index contributed by atoms with van der Waals surface area (Å²) < 4.78 is 13.5. The summed E-state index contributed by atoms with van der Waals surface area (Å²) in [6.45, 7) is 0. The molecule has 1 saturated carbocycles. The van der Waals surface area contributed by atoms with E-state index < -0.39 is 18.0 Å². The molecular formula is C11H14Cl2FNO. The number of aliphatic hydroxyl groups is 1. The van der Waals surface area contributed by atoms with Crippen molar-refractivity contribution in [2.45, 2.75) is 25.0 Å². The SMILES string of the molecule is Cl.N[C@@H](c1ccc(Cl)cc1F)[C@H](O)C1CC1. The van der Waals surface area contributed by atoms with Gasteiger partial charge in [0.25, 0.3) is 0 Å². The molecule has 3 N–H and O–H groups in total. The van der Waals surface area contributed by atoms with Gasteiger partial charge < -0.3 is 10.8 Å². The Morgan fingerprint density at radius 3 is 2.56 bits per heavy atom. The van der Waals surface area contributed by atoms with E-state index in [1.165, 1.54) is 12.1 Å². The van der Waals surface area contributed by atoms with Gasteiger partial charge in [-0.05, 0) is 30.9 Å². The highest BCUT2D eigenvalue weighted by molar-refractivity contribution is 6.30. The molecule has 0 aliphatic heterocycles. The molecule has 1 aliphatic carbocycles. The summed E-state index contributed by atoms with van der Waals surface area (Å²) in [5.41, 5.74) is 6.13. The minimum absolute atomic E-state index is 0. The fraction of sp³-hybridized carbons (Fsp3) is 0.455. The summed E-state index contributed by atoms with van der Waals surface area (Å²) in [7, 11) is 0. The van der Waals surface area contributed by atoms with Crippen molar-refractivity contribution in [1.29, 1.82) is 0 Å². The molecule has 0 saturated heterocycles. The molecule has 2 rings (SSSR count). The van der Waals surface area contributed by atoms with Crippen LogP contribution >= 0.6 is 24.0 Å². The lowest BCUT2D eigenvalue weighted by Gasteiger charge is -2.19. The van der Waals surface area contributed by atoms with Crippen LogP contribution in [0.2, 0.25) is 5.02 Å². The smallest absolute Gasteiger partial charge is 0.129 e. The molecule has 16 heavy (non-hydrogen) atoms. The van der Waals surface area contributed by atoms with Crippen LogP contribution in [0.1, 0.15) is 24.4 Å². The molecule has 0 amide bonds. The van der Waals surface area contributed by atoms with E-state index in [1.807, 2.05) is 0 Å². The van der Waals surface area contributed by atoms with Crippen LogP contribution in [0.25, 0.3) is 0 Å². The zero-order chi connectivity index (χ0) is 11.0. The Kier molecular flexibility index (Phi) is 4.56. The van der Waals surface area contributed by atoms with Crippen LogP contribution in [-0.2, 0) is 0 Å². The molecule has 0 spiro atoms. The lowest BCUT2D eigenvalue weighted by Crippen LogP contribution is -2.28. The van der Waals surface area contributed by atoms with E-state index >= 15 is 0 Å². The van der Waals surface area contributed by atoms with Gasteiger partial charge in [0, 0.05) is 10.6 Å². The summed E-state index contributed by atoms with van der Waals surface area (Å²) in [5, 5.41) is 10.1. The van der Waals surface area contributed by atoms with E-state index in [1.54, 1.807) is 6.07 Å². The van der Waals surface area contributed by atoms with Crippen LogP contribution in [-0.4, -0.2) is 11.2 Å². The number of benzene rings is 1. The van der Waals surface area contributed by atoms with Crippen molar-refractivity contribution in [3.63, 3.8) is 0 Å². The fourth-order valence-electron chi connectivity index (χ4n) is 1.69. The molecule has 1 fully saturated rings. The van der Waals surface area contributed by atoms with E-state index in [0.29, 0.717) is 10.6 Å². The lowest BCUT2D eigenvalue weighted by molar-refractivity contribution is 0.121. The third kappa shape index (κ3) is 2.86. The van der Waals surface area contributed by atoms with Crippen molar-refractivity contribution < 1.29 is 9.50 Å². The van der Waals surface area contributed by atoms with Gasteiger partial charge in [0.15, 0.2) is 0 Å². The Labute approximate surface area is 105 Å². The summed E-state index contributed by atoms with van der Waals surface area (Å²) in [5.74, 6) is -0.218. The van der Waals surface area contributed by atoms with E-state index in [4.69, 9.17) is 17.3 Å². The summed E-state index contributed by atoms with van der Waals surface area (Å²) >= 11 is 5.63. The molecule has 1 aromatic carbocycles. The highest BCUT2D eigenvalue weighted by Crippen LogP contribution is 2.37. The first kappa shape index (κ1) is 13.7. The molecule has 5 heteroatoms. The lowest BCUT2D eigenvalue weighted by atomic mass is 9.99. The van der Waals surface area contributed by atoms with Gasteiger partial charge in [-0.2, -0.15) is 0 Å². The van der Waals surface area contributed by atoms with Gasteiger partial charge in [-0.25, -0.2) is 4.39 Å². The maximum absolute atomic E-state index is 13.5. The number of aliphatic hydroxyl groups excluding tert-OH is 1. The molecule has 0 heterocycles. The fourth-order valence-corrected chi connectivity index (χ4v) is 1.85. The molecule has 0 bridgehead atoms. The van der Waals surface area contributed by atoms with Crippen molar-refractivity contribution >= 4 is 24.0 Å². The van der Waals surface area contributed by atoms with Crippen molar-refractivity contribution in [3.8, 4) is 0 Å². The van der Waals surface area contributed by atoms with Crippen LogP contribution in [0.15, 0.2) is 18.2 Å². The van der Waals surface area contributed by atoms with Gasteiger partial charge in [-0.3, -0.25) is 0 Å². The largest absolute Gasteiger partial charge is 0.391 e. The van der Waals surface area contributed by atoms with Gasteiger partial charge in [0.1, 0.15) is 5.82 Å². The Morgan fingerprint density at radius 2 is 2.06 bits per heavy atom. The highest BCUT2D eigenvalue weighted by Gasteiger charge is 2.35. The van der Waals surface area contributed by atoms with Crippen LogP contribution < -0.4 is 5.73 Å². The second-order valence-corrected chi connectivity index (χ2v) is 4.46. The number of hydrogen-bond donors (Lipinski definition) is 2. The van der Waals surface area contributed by atoms with Gasteiger partial charge in [-0.1, -0.05) is 17.7 Å². The molecule has 0 unspecified atom stereocenters. The topological polar surface area (TPSA) is 46.2 Å². The summed E-state index contributed by atoms with van der Waals surface area (Å²) in [6.07, 6.45) is 1.30. The Bertz CT molecular complexity index is 371. The molecule has 0 radical (unpaired) electrons. The number of nitrogens with two attached hydrogens (primary N) is 1. The summed E-state index contributed by atoms with van der Waals surface area (Å²) in [4.78, 5) is 0. The predicted molar refractivity (Wildman–Crippen MR) is 64.3 cm³/mol. The van der Waals surface area contributed by atoms with E-state index in [-0.39, 0.29) is 18.3 Å². The maximum atomic E-state index is 13.5. The van der Waals surface area contributed by atoms with E-state index in [2.05, 4.69) is 0 Å². The van der Waals surface area contributed by atoms with Crippen molar-refractivity contribution in [2.75, 3.05) is 0 Å². The predicted octanol–water partition coefficient (Wildman–Crippen LogP) is 2.67. The zero-order valence-electron chi connectivity index (χ0n) is 8.57. The summed E-state index contributed by atoms with van der Waals surface area (Å²) in [6, 6.07) is 3.68. The van der Waals surface area contributed by atoms with Gasteiger partial charge in [-0.15, -0.1) is 12.4 Å². The molecule has 90 valence electrons. The maximum Gasteiger partial charge on any atom is 0.129 e. The minimum Gasteiger partial charge on any atom is -0.391 e. The molecule has 2 atom stereocenters.